The molecule has 3 rings (SSSR count). The van der Waals surface area contributed by atoms with Crippen LogP contribution in [-0.4, -0.2) is 71.6 Å². The summed E-state index contributed by atoms with van der Waals surface area (Å²) in [6.45, 7) is 10.7. The highest BCUT2D eigenvalue weighted by Gasteiger charge is 2.29. The van der Waals surface area contributed by atoms with E-state index in [0.29, 0.717) is 42.8 Å². The fourth-order valence-electron chi connectivity index (χ4n) is 3.51. The molecule has 1 fully saturated rings. The van der Waals surface area contributed by atoms with Crippen LogP contribution in [0, 0.1) is 5.92 Å². The van der Waals surface area contributed by atoms with Crippen LogP contribution >= 0.6 is 0 Å². The molecular formula is C18H27N5O2. The van der Waals surface area contributed by atoms with Gasteiger partial charge in [0.1, 0.15) is 5.82 Å². The van der Waals surface area contributed by atoms with E-state index in [1.54, 1.807) is 6.08 Å². The summed E-state index contributed by atoms with van der Waals surface area (Å²) in [6, 6.07) is 0. The van der Waals surface area contributed by atoms with Gasteiger partial charge in [-0.2, -0.15) is 4.98 Å². The molecule has 0 aromatic carbocycles. The second-order valence-electron chi connectivity index (χ2n) is 6.85. The third-order valence-electron chi connectivity index (χ3n) is 4.81. The lowest BCUT2D eigenvalue weighted by atomic mass is 9.87. The first-order valence-corrected chi connectivity index (χ1v) is 8.99. The number of carbonyl (C=O) groups is 1. The quantitative estimate of drug-likeness (QED) is 0.743. The fraction of sp³-hybridized carbons (Fsp3) is 0.611. The van der Waals surface area contributed by atoms with E-state index in [4.69, 9.17) is 10.1 Å². The average molecular weight is 345 g/mol. The topological polar surface area (TPSA) is 81.6 Å². The van der Waals surface area contributed by atoms with Gasteiger partial charge in [0.25, 0.3) is 0 Å². The van der Waals surface area contributed by atoms with Crippen LogP contribution < -0.4 is 10.2 Å². The number of rotatable bonds is 6. The standard InChI is InChI=1S/C18H27N5O2/c1-3-4-19-17-16-14(11-13(2)12-15(16)25)20-18(21-17)23-7-5-22(6-8-23)9-10-24/h3,13,24H,1,4-12H2,2H3,(H,19,20,21)/t13-/m1/s1. The Morgan fingerprint density at radius 3 is 2.72 bits per heavy atom. The number of anilines is 2. The molecule has 1 atom stereocenters. The predicted octanol–water partition coefficient (Wildman–Crippen LogP) is 0.954. The molecule has 1 saturated heterocycles. The summed E-state index contributed by atoms with van der Waals surface area (Å²) in [6.07, 6.45) is 3.12. The van der Waals surface area contributed by atoms with Crippen LogP contribution in [0.1, 0.15) is 29.4 Å². The first-order chi connectivity index (χ1) is 12.1. The Kier molecular flexibility index (Phi) is 5.65. The number of aliphatic hydroxyl groups excluding tert-OH is 1. The van der Waals surface area contributed by atoms with Crippen molar-refractivity contribution in [2.24, 2.45) is 5.92 Å². The van der Waals surface area contributed by atoms with Gasteiger partial charge in [0.2, 0.25) is 5.95 Å². The molecule has 1 aromatic rings. The van der Waals surface area contributed by atoms with Crippen molar-refractivity contribution in [2.45, 2.75) is 19.8 Å². The Morgan fingerprint density at radius 2 is 2.04 bits per heavy atom. The number of fused-ring (bicyclic) bond motifs is 1. The predicted molar refractivity (Wildman–Crippen MR) is 98.3 cm³/mol. The Balaban J connectivity index is 1.86. The number of hydrogen-bond acceptors (Lipinski definition) is 7. The maximum atomic E-state index is 12.5. The number of aliphatic hydroxyl groups is 1. The Labute approximate surface area is 148 Å². The Bertz CT molecular complexity index is 641. The molecule has 0 unspecified atom stereocenters. The number of ketones is 1. The van der Waals surface area contributed by atoms with Gasteiger partial charge in [-0.1, -0.05) is 13.0 Å². The van der Waals surface area contributed by atoms with E-state index >= 15 is 0 Å². The Morgan fingerprint density at radius 1 is 1.28 bits per heavy atom. The van der Waals surface area contributed by atoms with Gasteiger partial charge in [-0.25, -0.2) is 4.98 Å². The van der Waals surface area contributed by atoms with Gasteiger partial charge >= 0.3 is 0 Å². The van der Waals surface area contributed by atoms with Crippen LogP contribution in [0.15, 0.2) is 12.7 Å². The van der Waals surface area contributed by atoms with Gasteiger partial charge in [-0.15, -0.1) is 6.58 Å². The number of β-amino-alcohol motifs (C(OH)–C–C–N with tert-alkyl or cyclic N) is 1. The van der Waals surface area contributed by atoms with E-state index < -0.39 is 0 Å². The minimum absolute atomic E-state index is 0.125. The second kappa shape index (κ2) is 7.93. The molecular weight excluding hydrogens is 318 g/mol. The van der Waals surface area contributed by atoms with Crippen LogP contribution in [0.25, 0.3) is 0 Å². The van der Waals surface area contributed by atoms with E-state index in [-0.39, 0.29) is 12.4 Å². The zero-order valence-electron chi connectivity index (χ0n) is 14.9. The van der Waals surface area contributed by atoms with Crippen LogP contribution in [0.4, 0.5) is 11.8 Å². The summed E-state index contributed by atoms with van der Waals surface area (Å²) < 4.78 is 0. The largest absolute Gasteiger partial charge is 0.395 e. The van der Waals surface area contributed by atoms with E-state index in [1.807, 2.05) is 0 Å². The minimum atomic E-state index is 0.125. The van der Waals surface area contributed by atoms with Gasteiger partial charge in [-0.3, -0.25) is 9.69 Å². The van der Waals surface area contributed by atoms with Crippen molar-refractivity contribution in [1.29, 1.82) is 0 Å². The third-order valence-corrected chi connectivity index (χ3v) is 4.81. The lowest BCUT2D eigenvalue weighted by Crippen LogP contribution is -2.48. The van der Waals surface area contributed by atoms with Crippen LogP contribution in [0.3, 0.4) is 0 Å². The van der Waals surface area contributed by atoms with Crippen molar-refractivity contribution in [3.8, 4) is 0 Å². The minimum Gasteiger partial charge on any atom is -0.395 e. The smallest absolute Gasteiger partial charge is 0.227 e. The molecule has 7 nitrogen and oxygen atoms in total. The molecule has 7 heteroatoms. The number of carbonyl (C=O) groups excluding carboxylic acids is 1. The van der Waals surface area contributed by atoms with Gasteiger partial charge in [0, 0.05) is 45.7 Å². The van der Waals surface area contributed by atoms with E-state index in [0.717, 1.165) is 38.3 Å². The van der Waals surface area contributed by atoms with Crippen LogP contribution in [0.5, 0.6) is 0 Å². The zero-order chi connectivity index (χ0) is 17.8. The molecule has 0 spiro atoms. The fourth-order valence-corrected chi connectivity index (χ4v) is 3.51. The molecule has 25 heavy (non-hydrogen) atoms. The first-order valence-electron chi connectivity index (χ1n) is 8.99. The number of Topliss-reactive ketones (excluding diaryl/α,β-unsaturated/α-hetero) is 1. The average Bonchev–Trinajstić information content (AvgIpc) is 2.59. The molecule has 136 valence electrons. The van der Waals surface area contributed by atoms with Crippen LogP contribution in [-0.2, 0) is 6.42 Å². The molecule has 0 radical (unpaired) electrons. The molecule has 2 N–H and O–H groups in total. The van der Waals surface area contributed by atoms with Gasteiger partial charge < -0.3 is 15.3 Å². The molecule has 2 aliphatic rings. The maximum absolute atomic E-state index is 12.5. The lowest BCUT2D eigenvalue weighted by Gasteiger charge is -2.35. The van der Waals surface area contributed by atoms with E-state index in [1.165, 1.54) is 0 Å². The molecule has 0 saturated carbocycles. The second-order valence-corrected chi connectivity index (χ2v) is 6.85. The van der Waals surface area contributed by atoms with Crippen molar-refractivity contribution < 1.29 is 9.90 Å². The van der Waals surface area contributed by atoms with Crippen molar-refractivity contribution in [2.75, 3.05) is 56.1 Å². The number of nitrogens with zero attached hydrogens (tertiary/aromatic N) is 4. The highest BCUT2D eigenvalue weighted by Crippen LogP contribution is 2.30. The monoisotopic (exact) mass is 345 g/mol. The number of piperazine rings is 1. The number of nitrogens with one attached hydrogen (secondary N) is 1. The zero-order valence-corrected chi connectivity index (χ0v) is 14.9. The molecule has 2 heterocycles. The first kappa shape index (κ1) is 17.8. The summed E-state index contributed by atoms with van der Waals surface area (Å²) in [4.78, 5) is 26.3. The highest BCUT2D eigenvalue weighted by atomic mass is 16.3. The Hall–Kier alpha value is -1.99. The summed E-state index contributed by atoms with van der Waals surface area (Å²) >= 11 is 0. The highest BCUT2D eigenvalue weighted by molar-refractivity contribution is 6.02. The van der Waals surface area contributed by atoms with E-state index in [9.17, 15) is 4.79 Å². The molecule has 1 aliphatic heterocycles. The van der Waals surface area contributed by atoms with Gasteiger partial charge in [0.05, 0.1) is 17.9 Å². The summed E-state index contributed by atoms with van der Waals surface area (Å²) in [5, 5.41) is 12.3. The summed E-state index contributed by atoms with van der Waals surface area (Å²) in [5.74, 6) is 1.77. The van der Waals surface area contributed by atoms with Gasteiger partial charge in [0.15, 0.2) is 5.78 Å². The molecule has 0 amide bonds. The molecule has 0 bridgehead atoms. The molecule has 1 aliphatic carbocycles. The van der Waals surface area contributed by atoms with Crippen molar-refractivity contribution in [3.63, 3.8) is 0 Å². The normalized spacial score (nSPS) is 21.1. The van der Waals surface area contributed by atoms with Crippen molar-refractivity contribution in [1.82, 2.24) is 14.9 Å². The summed E-state index contributed by atoms with van der Waals surface area (Å²) in [5.41, 5.74) is 1.51. The van der Waals surface area contributed by atoms with Crippen LogP contribution in [0.2, 0.25) is 0 Å². The molecule has 1 aromatic heterocycles. The van der Waals surface area contributed by atoms with Crippen molar-refractivity contribution in [3.05, 3.63) is 23.9 Å². The third kappa shape index (κ3) is 3.99. The maximum Gasteiger partial charge on any atom is 0.227 e. The van der Waals surface area contributed by atoms with Gasteiger partial charge in [-0.05, 0) is 12.3 Å². The van der Waals surface area contributed by atoms with E-state index in [2.05, 4.69) is 33.6 Å². The number of aromatic nitrogens is 2. The number of hydrogen-bond donors (Lipinski definition) is 2. The summed E-state index contributed by atoms with van der Waals surface area (Å²) in [7, 11) is 0. The lowest BCUT2D eigenvalue weighted by molar-refractivity contribution is 0.0952. The SMILES string of the molecule is C=CCNc1nc(N2CCN(CCO)CC2)nc2c1C(=O)C[C@H](C)C2. The van der Waals surface area contributed by atoms with Crippen molar-refractivity contribution >= 4 is 17.5 Å².